The van der Waals surface area contributed by atoms with Crippen molar-refractivity contribution in [2.45, 2.75) is 18.6 Å². The number of aliphatic hydroxyl groups is 1. The summed E-state index contributed by atoms with van der Waals surface area (Å²) in [7, 11) is 0. The van der Waals surface area contributed by atoms with Gasteiger partial charge >= 0.3 is 0 Å². The highest BCUT2D eigenvalue weighted by Gasteiger charge is 2.32. The van der Waals surface area contributed by atoms with Crippen molar-refractivity contribution in [3.63, 3.8) is 0 Å². The number of likely N-dealkylation sites (tertiary alicyclic amines) is 1. The van der Waals surface area contributed by atoms with Gasteiger partial charge in [0.1, 0.15) is 24.8 Å². The van der Waals surface area contributed by atoms with Crippen LogP contribution in [0.25, 0.3) is 5.57 Å². The van der Waals surface area contributed by atoms with Crippen molar-refractivity contribution in [1.82, 2.24) is 19.8 Å². The van der Waals surface area contributed by atoms with E-state index in [1.165, 1.54) is 29.4 Å². The molecule has 0 bridgehead atoms. The van der Waals surface area contributed by atoms with Crippen LogP contribution in [0.5, 0.6) is 5.75 Å². The lowest BCUT2D eigenvalue weighted by Crippen LogP contribution is -2.36. The lowest BCUT2D eigenvalue weighted by atomic mass is 10.1. The molecule has 3 N–H and O–H groups in total. The largest absolute Gasteiger partial charge is 0.491 e. The first kappa shape index (κ1) is 23.3. The average molecular weight is 480 g/mol. The third-order valence-corrected chi connectivity index (χ3v) is 5.95. The highest BCUT2D eigenvalue weighted by molar-refractivity contribution is 6.30. The monoisotopic (exact) mass is 479 g/mol. The summed E-state index contributed by atoms with van der Waals surface area (Å²) in [5.41, 5.74) is 7.39. The van der Waals surface area contributed by atoms with Crippen LogP contribution in [0, 0.1) is 5.82 Å². The number of hydrogen-bond acceptors (Lipinski definition) is 7. The van der Waals surface area contributed by atoms with Crippen molar-refractivity contribution >= 4 is 23.1 Å². The van der Waals surface area contributed by atoms with E-state index in [1.807, 2.05) is 0 Å². The number of hydrogen-bond donors (Lipinski definition) is 2. The second-order valence-corrected chi connectivity index (χ2v) is 8.51. The van der Waals surface area contributed by atoms with Gasteiger partial charge in [0.15, 0.2) is 5.82 Å². The Bertz CT molecular complexity index is 1050. The molecule has 11 heteroatoms. The molecule has 0 spiro atoms. The quantitative estimate of drug-likeness (QED) is 0.624. The minimum absolute atomic E-state index is 0.0800. The molecule has 0 saturated carbocycles. The smallest absolute Gasteiger partial charge is 0.258 e. The Balaban J connectivity index is 1.48. The van der Waals surface area contributed by atoms with Gasteiger partial charge in [0.2, 0.25) is 0 Å². The second kappa shape index (κ2) is 9.98. The minimum atomic E-state index is -0.578. The van der Waals surface area contributed by atoms with Gasteiger partial charge in [-0.1, -0.05) is 11.6 Å². The number of carbonyl (C=O) groups excluding carboxylic acids is 1. The number of carbonyl (C=O) groups is 1. The molecule has 8 nitrogen and oxygen atoms in total. The maximum Gasteiger partial charge on any atom is 0.258 e. The standard InChI is InChI=1S/C22H24ClF2N5O3/c23-13-7-27-21(28-8-13)18-10-30(11-19(18)26)22(32)17-2-1-14(25)5-20(17)33-12-15-6-16(31)9-29(15)4-3-24/h1-2,5,7-8,15-16,31H,3-4,6,9-12,26H2. The number of amides is 1. The van der Waals surface area contributed by atoms with E-state index in [0.29, 0.717) is 35.1 Å². The lowest BCUT2D eigenvalue weighted by molar-refractivity contribution is 0.0792. The number of aromatic nitrogens is 2. The molecule has 0 radical (unpaired) electrons. The Morgan fingerprint density at radius 2 is 2.06 bits per heavy atom. The molecule has 2 unspecified atom stereocenters. The molecule has 2 atom stereocenters. The third-order valence-electron chi connectivity index (χ3n) is 5.76. The number of benzene rings is 1. The Kier molecular flexibility index (Phi) is 7.06. The van der Waals surface area contributed by atoms with Gasteiger partial charge in [0, 0.05) is 48.9 Å². The van der Waals surface area contributed by atoms with Crippen LogP contribution in [0.1, 0.15) is 22.6 Å². The zero-order valence-electron chi connectivity index (χ0n) is 17.8. The van der Waals surface area contributed by atoms with Gasteiger partial charge in [-0.3, -0.25) is 9.69 Å². The Morgan fingerprint density at radius 1 is 1.30 bits per heavy atom. The predicted octanol–water partition coefficient (Wildman–Crippen LogP) is 1.88. The van der Waals surface area contributed by atoms with E-state index in [0.717, 1.165) is 6.07 Å². The van der Waals surface area contributed by atoms with Crippen molar-refractivity contribution in [3.05, 3.63) is 58.5 Å². The SMILES string of the molecule is NC1=C(c2ncc(Cl)cn2)CN(C(=O)c2ccc(F)cc2OCC2CC(O)CN2CCF)C1. The summed E-state index contributed by atoms with van der Waals surface area (Å²) in [6, 6.07) is 3.46. The maximum atomic E-state index is 14.0. The lowest BCUT2D eigenvalue weighted by Gasteiger charge is -2.24. The second-order valence-electron chi connectivity index (χ2n) is 8.07. The van der Waals surface area contributed by atoms with Gasteiger partial charge in [-0.25, -0.2) is 18.7 Å². The number of nitrogens with zero attached hydrogens (tertiary/aromatic N) is 4. The van der Waals surface area contributed by atoms with Crippen LogP contribution in [-0.2, 0) is 0 Å². The van der Waals surface area contributed by atoms with Gasteiger partial charge in [-0.15, -0.1) is 0 Å². The fourth-order valence-corrected chi connectivity index (χ4v) is 4.23. The van der Waals surface area contributed by atoms with Gasteiger partial charge in [-0.2, -0.15) is 0 Å². The number of alkyl halides is 1. The first-order valence-electron chi connectivity index (χ1n) is 10.5. The van der Waals surface area contributed by atoms with Crippen LogP contribution in [-0.4, -0.2) is 82.4 Å². The fraction of sp³-hybridized carbons (Fsp3) is 0.409. The average Bonchev–Trinajstić information content (AvgIpc) is 3.34. The Labute approximate surface area is 194 Å². The molecule has 1 aromatic carbocycles. The number of β-amino-alcohol motifs (C(OH)–C–C–N with tert-alkyl or cyclic N) is 1. The molecule has 2 aromatic rings. The number of nitrogens with two attached hydrogens (primary N) is 1. The molecule has 1 fully saturated rings. The van der Waals surface area contributed by atoms with Crippen molar-refractivity contribution in [2.24, 2.45) is 5.73 Å². The van der Waals surface area contributed by atoms with Gasteiger partial charge in [0.25, 0.3) is 5.91 Å². The molecule has 1 saturated heterocycles. The number of aliphatic hydroxyl groups excluding tert-OH is 1. The summed E-state index contributed by atoms with van der Waals surface area (Å²) >= 11 is 5.84. The van der Waals surface area contributed by atoms with Gasteiger partial charge in [0.05, 0.1) is 29.8 Å². The van der Waals surface area contributed by atoms with Crippen LogP contribution in [0.15, 0.2) is 36.3 Å². The number of ether oxygens (including phenoxy) is 1. The minimum Gasteiger partial charge on any atom is -0.491 e. The molecule has 3 heterocycles. The summed E-state index contributed by atoms with van der Waals surface area (Å²) in [6.07, 6.45) is 2.74. The number of halogens is 3. The fourth-order valence-electron chi connectivity index (χ4n) is 4.14. The summed E-state index contributed by atoms with van der Waals surface area (Å²) in [4.78, 5) is 24.9. The molecule has 1 amide bonds. The molecule has 4 rings (SSSR count). The summed E-state index contributed by atoms with van der Waals surface area (Å²) in [5.74, 6) is -0.473. The molecule has 33 heavy (non-hydrogen) atoms. The topological polar surface area (TPSA) is 105 Å². The molecule has 176 valence electrons. The van der Waals surface area contributed by atoms with Crippen molar-refractivity contribution in [1.29, 1.82) is 0 Å². The van der Waals surface area contributed by atoms with Crippen LogP contribution in [0.2, 0.25) is 5.02 Å². The first-order chi connectivity index (χ1) is 15.9. The first-order valence-corrected chi connectivity index (χ1v) is 10.9. The molecule has 2 aliphatic rings. The zero-order chi connectivity index (χ0) is 23.5. The van der Waals surface area contributed by atoms with E-state index >= 15 is 0 Å². The van der Waals surface area contributed by atoms with Crippen LogP contribution in [0.3, 0.4) is 0 Å². The highest BCUT2D eigenvalue weighted by atomic mass is 35.5. The molecular weight excluding hydrogens is 456 g/mol. The molecule has 0 aliphatic carbocycles. The Morgan fingerprint density at radius 3 is 2.79 bits per heavy atom. The highest BCUT2D eigenvalue weighted by Crippen LogP contribution is 2.28. The zero-order valence-corrected chi connectivity index (χ0v) is 18.5. The normalized spacial score (nSPS) is 21.2. The van der Waals surface area contributed by atoms with Crippen LogP contribution >= 0.6 is 11.6 Å². The van der Waals surface area contributed by atoms with E-state index in [9.17, 15) is 18.7 Å². The van der Waals surface area contributed by atoms with Crippen LogP contribution < -0.4 is 10.5 Å². The summed E-state index contributed by atoms with van der Waals surface area (Å²) in [6.45, 7) is 0.411. The van der Waals surface area contributed by atoms with Gasteiger partial charge in [-0.05, 0) is 18.6 Å². The summed E-state index contributed by atoms with van der Waals surface area (Å²) < 4.78 is 32.6. The van der Waals surface area contributed by atoms with E-state index in [2.05, 4.69) is 9.97 Å². The Hall–Kier alpha value is -2.82. The van der Waals surface area contributed by atoms with Crippen molar-refractivity contribution < 1.29 is 23.4 Å². The van der Waals surface area contributed by atoms with E-state index in [4.69, 9.17) is 22.1 Å². The van der Waals surface area contributed by atoms with E-state index in [-0.39, 0.29) is 49.5 Å². The number of rotatable bonds is 7. The predicted molar refractivity (Wildman–Crippen MR) is 118 cm³/mol. The van der Waals surface area contributed by atoms with Gasteiger partial charge < -0.3 is 20.5 Å². The van der Waals surface area contributed by atoms with E-state index in [1.54, 1.807) is 4.90 Å². The summed E-state index contributed by atoms with van der Waals surface area (Å²) in [5, 5.41) is 10.3. The molecule has 1 aromatic heterocycles. The van der Waals surface area contributed by atoms with Crippen LogP contribution in [0.4, 0.5) is 8.78 Å². The van der Waals surface area contributed by atoms with Crippen molar-refractivity contribution in [3.8, 4) is 5.75 Å². The molecule has 2 aliphatic heterocycles. The molecular formula is C22H24ClF2N5O3. The maximum absolute atomic E-state index is 14.0. The van der Waals surface area contributed by atoms with E-state index < -0.39 is 18.6 Å². The third kappa shape index (κ3) is 5.23. The van der Waals surface area contributed by atoms with Crippen molar-refractivity contribution in [2.75, 3.05) is 39.5 Å².